The van der Waals surface area contributed by atoms with Crippen molar-refractivity contribution in [1.82, 2.24) is 5.32 Å². The molecule has 0 aliphatic rings. The lowest BCUT2D eigenvalue weighted by atomic mass is 10.2. The number of nitrogens with one attached hydrogen (secondary N) is 1. The van der Waals surface area contributed by atoms with Gasteiger partial charge in [-0.05, 0) is 19.4 Å². The third-order valence-corrected chi connectivity index (χ3v) is 1.92. The van der Waals surface area contributed by atoms with Crippen molar-refractivity contribution in [3.8, 4) is 0 Å². The van der Waals surface area contributed by atoms with Gasteiger partial charge in [0.25, 0.3) is 0 Å². The molecular weight excluding hydrogens is 223 g/mol. The van der Waals surface area contributed by atoms with Crippen LogP contribution < -0.4 is 5.32 Å². The molecule has 0 aromatic heterocycles. The fourth-order valence-corrected chi connectivity index (χ4v) is 1.09. The summed E-state index contributed by atoms with van der Waals surface area (Å²) < 4.78 is 45.2. The summed E-state index contributed by atoms with van der Waals surface area (Å²) in [6, 6.07) is 0. The van der Waals surface area contributed by atoms with Crippen molar-refractivity contribution in [2.24, 2.45) is 0 Å². The first kappa shape index (κ1) is 15.7. The minimum Gasteiger partial charge on any atom is -0.382 e. The van der Waals surface area contributed by atoms with E-state index in [-0.39, 0.29) is 6.42 Å². The van der Waals surface area contributed by atoms with Crippen molar-refractivity contribution >= 4 is 0 Å². The number of halogens is 3. The monoisotopic (exact) mass is 243 g/mol. The molecule has 0 atom stereocenters. The molecule has 0 aromatic rings. The summed E-state index contributed by atoms with van der Waals surface area (Å²) >= 11 is 0. The quantitative estimate of drug-likeness (QED) is 0.595. The lowest BCUT2D eigenvalue weighted by molar-refractivity contribution is -0.135. The Labute approximate surface area is 94.3 Å². The maximum Gasteiger partial charge on any atom is 0.389 e. The van der Waals surface area contributed by atoms with Crippen LogP contribution in [0.15, 0.2) is 0 Å². The highest BCUT2D eigenvalue weighted by atomic mass is 19.4. The molecule has 16 heavy (non-hydrogen) atoms. The molecule has 0 spiro atoms. The minimum absolute atomic E-state index is 0.182. The molecule has 0 heterocycles. The number of rotatable bonds is 10. The van der Waals surface area contributed by atoms with E-state index in [2.05, 4.69) is 5.32 Å². The first-order valence-electron chi connectivity index (χ1n) is 5.40. The van der Waals surface area contributed by atoms with E-state index in [0.717, 1.165) is 0 Å². The van der Waals surface area contributed by atoms with Crippen LogP contribution in [-0.2, 0) is 9.47 Å². The van der Waals surface area contributed by atoms with Crippen LogP contribution >= 0.6 is 0 Å². The molecule has 0 amide bonds. The zero-order chi connectivity index (χ0) is 12.3. The van der Waals surface area contributed by atoms with E-state index in [1.807, 2.05) is 0 Å². The van der Waals surface area contributed by atoms with Crippen molar-refractivity contribution < 1.29 is 22.6 Å². The van der Waals surface area contributed by atoms with Crippen LogP contribution in [0.2, 0.25) is 0 Å². The fourth-order valence-electron chi connectivity index (χ4n) is 1.09. The maximum atomic E-state index is 11.8. The Bertz CT molecular complexity index is 153. The molecule has 0 unspecified atom stereocenters. The number of ether oxygens (including phenoxy) is 2. The average Bonchev–Trinajstić information content (AvgIpc) is 2.19. The van der Waals surface area contributed by atoms with Gasteiger partial charge >= 0.3 is 6.18 Å². The van der Waals surface area contributed by atoms with E-state index in [9.17, 15) is 13.2 Å². The molecule has 6 heteroatoms. The lowest BCUT2D eigenvalue weighted by Gasteiger charge is -2.07. The summed E-state index contributed by atoms with van der Waals surface area (Å²) in [6.07, 6.45) is -4.00. The molecule has 98 valence electrons. The zero-order valence-corrected chi connectivity index (χ0v) is 9.61. The summed E-state index contributed by atoms with van der Waals surface area (Å²) in [7, 11) is 1.60. The molecular formula is C10H20F3NO2. The van der Waals surface area contributed by atoms with Gasteiger partial charge in [-0.25, -0.2) is 0 Å². The van der Waals surface area contributed by atoms with Gasteiger partial charge in [-0.1, -0.05) is 0 Å². The van der Waals surface area contributed by atoms with Crippen LogP contribution in [0.25, 0.3) is 0 Å². The Kier molecular flexibility index (Phi) is 9.66. The van der Waals surface area contributed by atoms with Crippen molar-refractivity contribution in [2.75, 3.05) is 40.0 Å². The second-order valence-electron chi connectivity index (χ2n) is 3.43. The van der Waals surface area contributed by atoms with Gasteiger partial charge in [0, 0.05) is 20.1 Å². The van der Waals surface area contributed by atoms with Gasteiger partial charge in [0.2, 0.25) is 0 Å². The highest BCUT2D eigenvalue weighted by Gasteiger charge is 2.25. The van der Waals surface area contributed by atoms with Crippen LogP contribution in [0, 0.1) is 0 Å². The Hall–Kier alpha value is -0.330. The first-order valence-corrected chi connectivity index (χ1v) is 5.40. The smallest absolute Gasteiger partial charge is 0.382 e. The number of unbranched alkanes of at least 4 members (excludes halogenated alkanes) is 1. The van der Waals surface area contributed by atoms with Gasteiger partial charge in [0.1, 0.15) is 0 Å². The third kappa shape index (κ3) is 13.7. The number of methoxy groups -OCH3 is 1. The largest absolute Gasteiger partial charge is 0.389 e. The van der Waals surface area contributed by atoms with Gasteiger partial charge in [0.05, 0.1) is 19.8 Å². The van der Waals surface area contributed by atoms with Crippen LogP contribution in [0.1, 0.15) is 19.3 Å². The van der Waals surface area contributed by atoms with Gasteiger partial charge in [-0.15, -0.1) is 0 Å². The average molecular weight is 243 g/mol. The van der Waals surface area contributed by atoms with Gasteiger partial charge in [-0.3, -0.25) is 0 Å². The Morgan fingerprint density at radius 1 is 1.00 bits per heavy atom. The molecule has 0 bridgehead atoms. The minimum atomic E-state index is -4.02. The van der Waals surface area contributed by atoms with Gasteiger partial charge < -0.3 is 14.8 Å². The Morgan fingerprint density at radius 3 is 2.38 bits per heavy atom. The third-order valence-electron chi connectivity index (χ3n) is 1.92. The molecule has 0 aromatic carbocycles. The molecule has 0 aliphatic carbocycles. The topological polar surface area (TPSA) is 30.5 Å². The first-order chi connectivity index (χ1) is 7.56. The molecule has 0 radical (unpaired) electrons. The van der Waals surface area contributed by atoms with Crippen molar-refractivity contribution in [3.63, 3.8) is 0 Å². The predicted molar refractivity (Wildman–Crippen MR) is 55.5 cm³/mol. The molecule has 0 fully saturated rings. The lowest BCUT2D eigenvalue weighted by Crippen LogP contribution is -2.22. The molecule has 3 nitrogen and oxygen atoms in total. The van der Waals surface area contributed by atoms with E-state index < -0.39 is 12.6 Å². The Morgan fingerprint density at radius 2 is 1.75 bits per heavy atom. The standard InChI is InChI=1S/C10H20F3NO2/c1-15-8-9-16-7-6-14-5-3-2-4-10(11,12)13/h14H,2-9H2,1H3. The maximum absolute atomic E-state index is 11.8. The zero-order valence-electron chi connectivity index (χ0n) is 9.61. The molecule has 1 N–H and O–H groups in total. The summed E-state index contributed by atoms with van der Waals surface area (Å²) in [5.74, 6) is 0. The summed E-state index contributed by atoms with van der Waals surface area (Å²) in [4.78, 5) is 0. The second-order valence-corrected chi connectivity index (χ2v) is 3.43. The summed E-state index contributed by atoms with van der Waals surface area (Å²) in [5, 5.41) is 3.02. The second kappa shape index (κ2) is 9.86. The van der Waals surface area contributed by atoms with Gasteiger partial charge in [0.15, 0.2) is 0 Å². The number of alkyl halides is 3. The predicted octanol–water partition coefficient (Wildman–Crippen LogP) is 1.97. The van der Waals surface area contributed by atoms with Crippen LogP contribution in [-0.4, -0.2) is 46.2 Å². The van der Waals surface area contributed by atoms with E-state index in [0.29, 0.717) is 39.3 Å². The molecule has 0 saturated carbocycles. The van der Waals surface area contributed by atoms with E-state index in [4.69, 9.17) is 9.47 Å². The van der Waals surface area contributed by atoms with Crippen molar-refractivity contribution in [2.45, 2.75) is 25.4 Å². The SMILES string of the molecule is COCCOCCNCCCCC(F)(F)F. The molecule has 0 aliphatic heterocycles. The summed E-state index contributed by atoms with van der Waals surface area (Å²) in [5.41, 5.74) is 0. The van der Waals surface area contributed by atoms with E-state index in [1.165, 1.54) is 0 Å². The van der Waals surface area contributed by atoms with Gasteiger partial charge in [-0.2, -0.15) is 13.2 Å². The fraction of sp³-hybridized carbons (Fsp3) is 1.00. The van der Waals surface area contributed by atoms with Crippen molar-refractivity contribution in [3.05, 3.63) is 0 Å². The number of hydrogen-bond acceptors (Lipinski definition) is 3. The van der Waals surface area contributed by atoms with Crippen LogP contribution in [0.4, 0.5) is 13.2 Å². The van der Waals surface area contributed by atoms with Crippen LogP contribution in [0.3, 0.4) is 0 Å². The summed E-state index contributed by atoms with van der Waals surface area (Å²) in [6.45, 7) is 2.93. The normalized spacial score (nSPS) is 12.0. The Balaban J connectivity index is 2.99. The highest BCUT2D eigenvalue weighted by molar-refractivity contribution is 4.53. The van der Waals surface area contributed by atoms with E-state index >= 15 is 0 Å². The van der Waals surface area contributed by atoms with Crippen LogP contribution in [0.5, 0.6) is 0 Å². The number of hydrogen-bond donors (Lipinski definition) is 1. The van der Waals surface area contributed by atoms with Crippen molar-refractivity contribution in [1.29, 1.82) is 0 Å². The van der Waals surface area contributed by atoms with E-state index in [1.54, 1.807) is 7.11 Å². The highest BCUT2D eigenvalue weighted by Crippen LogP contribution is 2.21. The molecule has 0 saturated heterocycles. The molecule has 0 rings (SSSR count).